The number of imide groups is 1. The maximum atomic E-state index is 12.5. The lowest BCUT2D eigenvalue weighted by Gasteiger charge is -2.18. The van der Waals surface area contributed by atoms with E-state index in [9.17, 15) is 14.7 Å². The first-order valence-electron chi connectivity index (χ1n) is 8.28. The number of ether oxygens (including phenoxy) is 1. The molecule has 0 radical (unpaired) electrons. The quantitative estimate of drug-likeness (QED) is 0.279. The van der Waals surface area contributed by atoms with Gasteiger partial charge in [0.2, 0.25) is 11.3 Å². The molecule has 0 bridgehead atoms. The Kier molecular flexibility index (Phi) is 10.6. The van der Waals surface area contributed by atoms with Crippen LogP contribution in [-0.2, 0) is 14.3 Å². The highest BCUT2D eigenvalue weighted by atomic mass is 16.6. The number of rotatable bonds is 10. The predicted molar refractivity (Wildman–Crippen MR) is 95.7 cm³/mol. The Bertz CT molecular complexity index is 584. The molecule has 0 saturated heterocycles. The average Bonchev–Trinajstić information content (AvgIpc) is 2.52. The zero-order valence-electron chi connectivity index (χ0n) is 15.5. The monoisotopic (exact) mass is 350 g/mol. The van der Waals surface area contributed by atoms with Gasteiger partial charge in [-0.1, -0.05) is 24.6 Å². The lowest BCUT2D eigenvalue weighted by atomic mass is 10.00. The lowest BCUT2D eigenvalue weighted by molar-refractivity contribution is -0.142. The number of nitrogens with zero attached hydrogens (tertiary/aromatic N) is 3. The number of diazo groups is 1. The van der Waals surface area contributed by atoms with Gasteiger partial charge in [-0.2, -0.15) is 0 Å². The molecule has 0 fully saturated rings. The molecule has 0 heterocycles. The summed E-state index contributed by atoms with van der Waals surface area (Å²) in [6.07, 6.45) is 5.30. The molecule has 138 valence electrons. The van der Waals surface area contributed by atoms with Gasteiger partial charge in [-0.25, -0.2) is 0 Å². The molecule has 0 aromatic rings. The van der Waals surface area contributed by atoms with Gasteiger partial charge in [0.1, 0.15) is 0 Å². The van der Waals surface area contributed by atoms with Crippen molar-refractivity contribution in [2.75, 3.05) is 13.2 Å². The number of amides is 2. The normalized spacial score (nSPS) is 12.3. The van der Waals surface area contributed by atoms with Crippen molar-refractivity contribution in [3.8, 4) is 0 Å². The van der Waals surface area contributed by atoms with Gasteiger partial charge in [0.15, 0.2) is 4.98 Å². The summed E-state index contributed by atoms with van der Waals surface area (Å²) in [6.45, 7) is 11.1. The SMILES string of the molecule is C=CCN(C(=O)CC(C)CCC=C(C)C)C(=O)/C([N+]#N)=C(\O)OCC. The third kappa shape index (κ3) is 8.15. The molecule has 7 heteroatoms. The second kappa shape index (κ2) is 11.8. The van der Waals surface area contributed by atoms with Crippen LogP contribution >= 0.6 is 0 Å². The Labute approximate surface area is 149 Å². The summed E-state index contributed by atoms with van der Waals surface area (Å²) >= 11 is 0. The largest absolute Gasteiger partial charge is 0.528 e. The number of hydrogen-bond donors (Lipinski definition) is 1. The molecule has 0 saturated carbocycles. The molecule has 0 aromatic carbocycles. The van der Waals surface area contributed by atoms with Crippen molar-refractivity contribution < 1.29 is 19.4 Å². The summed E-state index contributed by atoms with van der Waals surface area (Å²) in [5, 5.41) is 18.6. The van der Waals surface area contributed by atoms with E-state index in [1.54, 1.807) is 6.92 Å². The number of allylic oxidation sites excluding steroid dienone is 2. The van der Waals surface area contributed by atoms with E-state index in [-0.39, 0.29) is 25.5 Å². The topological polar surface area (TPSA) is 95.0 Å². The van der Waals surface area contributed by atoms with Crippen molar-refractivity contribution in [2.24, 2.45) is 5.92 Å². The van der Waals surface area contributed by atoms with Crippen LogP contribution in [0.15, 0.2) is 35.9 Å². The molecule has 0 aliphatic rings. The van der Waals surface area contributed by atoms with Crippen LogP contribution in [0.5, 0.6) is 0 Å². The van der Waals surface area contributed by atoms with Crippen molar-refractivity contribution in [3.05, 3.63) is 40.9 Å². The average molecular weight is 350 g/mol. The lowest BCUT2D eigenvalue weighted by Crippen LogP contribution is -2.38. The first kappa shape index (κ1) is 22.4. The van der Waals surface area contributed by atoms with Gasteiger partial charge in [-0.3, -0.25) is 14.5 Å². The Morgan fingerprint density at radius 3 is 2.52 bits per heavy atom. The van der Waals surface area contributed by atoms with Crippen LogP contribution in [-0.4, -0.2) is 35.0 Å². The number of aliphatic hydroxyl groups excluding tert-OH is 1. The van der Waals surface area contributed by atoms with Gasteiger partial charge in [-0.05, 0) is 39.5 Å². The molecule has 0 spiro atoms. The van der Waals surface area contributed by atoms with Crippen molar-refractivity contribution in [1.29, 1.82) is 5.39 Å². The van der Waals surface area contributed by atoms with E-state index in [1.165, 1.54) is 11.6 Å². The zero-order valence-corrected chi connectivity index (χ0v) is 15.5. The fourth-order valence-electron chi connectivity index (χ4n) is 2.10. The maximum absolute atomic E-state index is 12.5. The molecule has 1 atom stereocenters. The summed E-state index contributed by atoms with van der Waals surface area (Å²) in [6, 6.07) is 0. The van der Waals surface area contributed by atoms with Gasteiger partial charge in [0.05, 0.1) is 6.61 Å². The van der Waals surface area contributed by atoms with Gasteiger partial charge < -0.3 is 9.84 Å². The second-order valence-electron chi connectivity index (χ2n) is 5.95. The van der Waals surface area contributed by atoms with E-state index < -0.39 is 23.5 Å². The fourth-order valence-corrected chi connectivity index (χ4v) is 2.10. The molecule has 0 aromatic heterocycles. The van der Waals surface area contributed by atoms with Crippen molar-refractivity contribution in [2.45, 2.75) is 47.0 Å². The Hall–Kier alpha value is -2.62. The molecule has 0 rings (SSSR count). The van der Waals surface area contributed by atoms with E-state index in [1.807, 2.05) is 20.8 Å². The van der Waals surface area contributed by atoms with E-state index in [0.717, 1.165) is 17.7 Å². The minimum absolute atomic E-state index is 0.0587. The minimum atomic E-state index is -0.935. The van der Waals surface area contributed by atoms with Crippen molar-refractivity contribution in [3.63, 3.8) is 0 Å². The van der Waals surface area contributed by atoms with E-state index in [2.05, 4.69) is 17.6 Å². The molecule has 25 heavy (non-hydrogen) atoms. The standard InChI is InChI=1S/C18H27N3O4/c1-6-11-21(17(23)16(20-19)18(24)25-7-2)15(22)12-14(5)10-8-9-13(3)4/h6,9,14H,1,7-8,10-12H2,2-5H3/p+1. The van der Waals surface area contributed by atoms with Crippen LogP contribution in [0.3, 0.4) is 0 Å². The first-order chi connectivity index (χ1) is 11.8. The third-order valence-electron chi connectivity index (χ3n) is 3.38. The van der Waals surface area contributed by atoms with Gasteiger partial charge in [0.25, 0.3) is 0 Å². The highest BCUT2D eigenvalue weighted by Gasteiger charge is 2.38. The molecule has 0 aliphatic heterocycles. The van der Waals surface area contributed by atoms with Gasteiger partial charge in [0, 0.05) is 13.0 Å². The van der Waals surface area contributed by atoms with Crippen molar-refractivity contribution >= 4 is 11.8 Å². The van der Waals surface area contributed by atoms with Crippen LogP contribution in [0.25, 0.3) is 4.98 Å². The van der Waals surface area contributed by atoms with E-state index in [4.69, 9.17) is 10.1 Å². The third-order valence-corrected chi connectivity index (χ3v) is 3.38. The summed E-state index contributed by atoms with van der Waals surface area (Å²) in [4.78, 5) is 28.5. The fraction of sp³-hybridized carbons (Fsp3) is 0.556. The highest BCUT2D eigenvalue weighted by molar-refractivity contribution is 6.05. The first-order valence-corrected chi connectivity index (χ1v) is 8.28. The maximum Gasteiger partial charge on any atom is 0.528 e. The molecular formula is C18H28N3O4+. The summed E-state index contributed by atoms with van der Waals surface area (Å²) in [5.41, 5.74) is 0.502. The zero-order chi connectivity index (χ0) is 19.4. The molecular weight excluding hydrogens is 322 g/mol. The van der Waals surface area contributed by atoms with Gasteiger partial charge in [-0.15, -0.1) is 6.58 Å². The molecule has 2 amide bonds. The number of aliphatic hydroxyl groups is 1. The Morgan fingerprint density at radius 1 is 1.40 bits per heavy atom. The summed E-state index contributed by atoms with van der Waals surface area (Å²) in [7, 11) is 0. The minimum Gasteiger partial charge on any atom is -0.475 e. The number of carbonyl (C=O) groups is 2. The van der Waals surface area contributed by atoms with Crippen LogP contribution < -0.4 is 0 Å². The van der Waals surface area contributed by atoms with Crippen LogP contribution in [0, 0.1) is 11.3 Å². The van der Waals surface area contributed by atoms with Gasteiger partial charge >= 0.3 is 17.5 Å². The highest BCUT2D eigenvalue weighted by Crippen LogP contribution is 2.16. The van der Waals surface area contributed by atoms with E-state index in [0.29, 0.717) is 0 Å². The summed E-state index contributed by atoms with van der Waals surface area (Å²) < 4.78 is 4.77. The molecule has 7 nitrogen and oxygen atoms in total. The van der Waals surface area contributed by atoms with E-state index >= 15 is 0 Å². The smallest absolute Gasteiger partial charge is 0.475 e. The van der Waals surface area contributed by atoms with Crippen LogP contribution in [0.4, 0.5) is 0 Å². The Morgan fingerprint density at radius 2 is 2.04 bits per heavy atom. The van der Waals surface area contributed by atoms with Crippen molar-refractivity contribution in [1.82, 2.24) is 4.90 Å². The van der Waals surface area contributed by atoms with Crippen LogP contribution in [0.2, 0.25) is 0 Å². The second-order valence-corrected chi connectivity index (χ2v) is 5.95. The predicted octanol–water partition coefficient (Wildman–Crippen LogP) is 3.92. The molecule has 1 unspecified atom stereocenters. The van der Waals surface area contributed by atoms with Crippen LogP contribution in [0.1, 0.15) is 47.0 Å². The summed E-state index contributed by atoms with van der Waals surface area (Å²) in [5.74, 6) is -2.12. The molecule has 1 N–H and O–H groups in total. The number of hydrogen-bond acceptors (Lipinski definition) is 5. The molecule has 0 aliphatic carbocycles. The Balaban J connectivity index is 5.14. The number of carbonyl (C=O) groups excluding carboxylic acids is 2.